The van der Waals surface area contributed by atoms with Crippen LogP contribution in [0, 0.1) is 5.41 Å². The van der Waals surface area contributed by atoms with Crippen LogP contribution in [0.2, 0.25) is 0 Å². The Labute approximate surface area is 175 Å². The summed E-state index contributed by atoms with van der Waals surface area (Å²) < 4.78 is 14.6. The largest absolute Gasteiger partial charge is 0.516 e. The van der Waals surface area contributed by atoms with E-state index >= 15 is 0 Å². The molecule has 2 rings (SSSR count). The Balaban J connectivity index is 2.20. The average molecular weight is 423 g/mol. The van der Waals surface area contributed by atoms with Crippen molar-refractivity contribution in [3.8, 4) is 0 Å². The third kappa shape index (κ3) is 5.38. The summed E-state index contributed by atoms with van der Waals surface area (Å²) in [6.07, 6.45) is -0.494. The number of hydrazine groups is 1. The van der Waals surface area contributed by atoms with Crippen LogP contribution in [-0.2, 0) is 23.8 Å². The van der Waals surface area contributed by atoms with E-state index in [9.17, 15) is 19.2 Å². The summed E-state index contributed by atoms with van der Waals surface area (Å²) in [4.78, 5) is 49.3. The number of fused-ring (bicyclic) bond motifs is 1. The fourth-order valence-corrected chi connectivity index (χ4v) is 3.21. The van der Waals surface area contributed by atoms with Gasteiger partial charge in [-0.15, -0.1) is 0 Å². The zero-order valence-corrected chi connectivity index (χ0v) is 18.2. The van der Waals surface area contributed by atoms with Crippen LogP contribution in [0.25, 0.3) is 0 Å². The molecule has 0 spiro atoms. The maximum absolute atomic E-state index is 13.0. The molecule has 2 aliphatic rings. The van der Waals surface area contributed by atoms with Gasteiger partial charge in [0, 0.05) is 12.0 Å². The quantitative estimate of drug-likeness (QED) is 0.415. The van der Waals surface area contributed by atoms with Gasteiger partial charge in [-0.1, -0.05) is 33.4 Å². The van der Waals surface area contributed by atoms with Gasteiger partial charge in [0.15, 0.2) is 0 Å². The number of allylic oxidation sites excluding steroid dienone is 1. The second-order valence-corrected chi connectivity index (χ2v) is 9.01. The third-order valence-corrected chi connectivity index (χ3v) is 4.16. The van der Waals surface area contributed by atoms with E-state index in [0.717, 1.165) is 0 Å². The number of carbonyl (C=O) groups is 4. The van der Waals surface area contributed by atoms with Gasteiger partial charge in [0.1, 0.15) is 18.2 Å². The Morgan fingerprint density at radius 2 is 1.83 bits per heavy atom. The van der Waals surface area contributed by atoms with Crippen LogP contribution in [-0.4, -0.2) is 65.5 Å². The lowest BCUT2D eigenvalue weighted by atomic mass is 9.88. The topological polar surface area (TPSA) is 114 Å². The molecule has 0 aromatic rings. The van der Waals surface area contributed by atoms with E-state index in [0.29, 0.717) is 5.70 Å². The van der Waals surface area contributed by atoms with Gasteiger partial charge in [-0.25, -0.2) is 24.4 Å². The van der Waals surface area contributed by atoms with Gasteiger partial charge < -0.3 is 19.5 Å². The van der Waals surface area contributed by atoms with Gasteiger partial charge in [0.25, 0.3) is 5.91 Å². The number of amides is 2. The van der Waals surface area contributed by atoms with Gasteiger partial charge >= 0.3 is 18.2 Å². The second kappa shape index (κ2) is 8.47. The van der Waals surface area contributed by atoms with Crippen molar-refractivity contribution in [2.75, 3.05) is 19.7 Å². The van der Waals surface area contributed by atoms with E-state index in [1.165, 1.54) is 11.1 Å². The van der Waals surface area contributed by atoms with Crippen LogP contribution in [0.5, 0.6) is 0 Å². The Bertz CT molecular complexity index is 789. The first kappa shape index (κ1) is 23.4. The molecule has 30 heavy (non-hydrogen) atoms. The highest BCUT2D eigenvalue weighted by Gasteiger charge is 2.50. The van der Waals surface area contributed by atoms with Crippen molar-refractivity contribution in [3.05, 3.63) is 23.9 Å². The lowest BCUT2D eigenvalue weighted by molar-refractivity contribution is -0.136. The Hall–Kier alpha value is -2.88. The van der Waals surface area contributed by atoms with Crippen molar-refractivity contribution in [2.24, 2.45) is 5.41 Å². The molecule has 0 unspecified atom stereocenters. The molecule has 1 atom stereocenters. The number of rotatable bonds is 4. The molecule has 1 N–H and O–H groups in total. The molecule has 2 amide bonds. The summed E-state index contributed by atoms with van der Waals surface area (Å²) >= 11 is 0. The van der Waals surface area contributed by atoms with Gasteiger partial charge in [0.05, 0.1) is 17.8 Å². The molecule has 0 saturated carbocycles. The highest BCUT2D eigenvalue weighted by molar-refractivity contribution is 5.98. The normalized spacial score (nSPS) is 19.5. The molecule has 0 aliphatic carbocycles. The fraction of sp³-hybridized carbons (Fsp3) is 0.600. The van der Waals surface area contributed by atoms with Crippen molar-refractivity contribution in [1.29, 1.82) is 0 Å². The van der Waals surface area contributed by atoms with E-state index in [1.54, 1.807) is 25.8 Å². The van der Waals surface area contributed by atoms with E-state index < -0.39 is 41.2 Å². The molecule has 2 heterocycles. The Morgan fingerprint density at radius 1 is 1.20 bits per heavy atom. The molecular formula is C20H29N3O7. The molecule has 166 valence electrons. The summed E-state index contributed by atoms with van der Waals surface area (Å²) in [5.41, 5.74) is -0.731. The molecule has 10 heteroatoms. The zero-order chi connectivity index (χ0) is 22.9. The number of alkyl carbamates (subject to hydrolysis) is 1. The first-order valence-corrected chi connectivity index (χ1v) is 9.56. The molecule has 2 aliphatic heterocycles. The van der Waals surface area contributed by atoms with Gasteiger partial charge in [-0.05, 0) is 20.8 Å². The van der Waals surface area contributed by atoms with Crippen LogP contribution in [0.3, 0.4) is 0 Å². The smallest absolute Gasteiger partial charge is 0.444 e. The number of ether oxygens (including phenoxy) is 3. The molecule has 1 fully saturated rings. The van der Waals surface area contributed by atoms with Crippen molar-refractivity contribution in [1.82, 2.24) is 15.3 Å². The van der Waals surface area contributed by atoms with Crippen LogP contribution >= 0.6 is 0 Å². The van der Waals surface area contributed by atoms with Crippen LogP contribution in [0.15, 0.2) is 23.9 Å². The molecule has 10 nitrogen and oxygen atoms in total. The monoisotopic (exact) mass is 423 g/mol. The minimum Gasteiger partial charge on any atom is -0.444 e. The van der Waals surface area contributed by atoms with Crippen molar-refractivity contribution in [3.63, 3.8) is 0 Å². The van der Waals surface area contributed by atoms with Crippen LogP contribution < -0.4 is 5.32 Å². The summed E-state index contributed by atoms with van der Waals surface area (Å²) in [7, 11) is 0. The summed E-state index contributed by atoms with van der Waals surface area (Å²) in [6.45, 7) is 14.2. The highest BCUT2D eigenvalue weighted by Crippen LogP contribution is 2.40. The number of esters is 1. The molecule has 1 saturated heterocycles. The maximum Gasteiger partial charge on any atom is 0.516 e. The lowest BCUT2D eigenvalue weighted by Gasteiger charge is -2.30. The van der Waals surface area contributed by atoms with E-state index in [1.807, 2.05) is 20.8 Å². The highest BCUT2D eigenvalue weighted by atomic mass is 16.7. The standard InChI is InChI=1S/C20H29N3O7/c1-8-9-28-18(27)29-16(25)12-10-22-11-13(21-17(26)30-20(5,6)7)15(24)23(22)14(12)19(2,3)4/h8,13H,1,9-11H2,2-7H3,(H,21,26)/t13-/m0/s1. The Morgan fingerprint density at radius 3 is 2.37 bits per heavy atom. The number of carbonyl (C=O) groups excluding carboxylic acids is 4. The first-order valence-electron chi connectivity index (χ1n) is 9.56. The van der Waals surface area contributed by atoms with E-state index in [4.69, 9.17) is 9.47 Å². The predicted octanol–water partition coefficient (Wildman–Crippen LogP) is 2.12. The maximum atomic E-state index is 13.0. The first-order chi connectivity index (χ1) is 13.7. The predicted molar refractivity (Wildman–Crippen MR) is 106 cm³/mol. The average Bonchev–Trinajstić information content (AvgIpc) is 3.08. The van der Waals surface area contributed by atoms with Crippen LogP contribution in [0.1, 0.15) is 41.5 Å². The molecule has 0 aromatic heterocycles. The summed E-state index contributed by atoms with van der Waals surface area (Å²) in [5.74, 6) is -1.28. The number of nitrogens with one attached hydrogen (secondary N) is 1. The number of nitrogens with zero attached hydrogens (tertiary/aromatic N) is 2. The minimum atomic E-state index is -1.14. The summed E-state index contributed by atoms with van der Waals surface area (Å²) in [6, 6.07) is -0.827. The summed E-state index contributed by atoms with van der Waals surface area (Å²) in [5, 5.41) is 5.56. The van der Waals surface area contributed by atoms with Crippen molar-refractivity contribution < 1.29 is 33.4 Å². The van der Waals surface area contributed by atoms with Gasteiger partial charge in [0.2, 0.25) is 0 Å². The minimum absolute atomic E-state index is 0.0540. The SMILES string of the molecule is C=CCOC(=O)OC(=O)C1=C(C(C)(C)C)N2C(=O)[C@@H](NC(=O)OC(C)(C)C)CN2C1. The second-order valence-electron chi connectivity index (χ2n) is 9.01. The fourth-order valence-electron chi connectivity index (χ4n) is 3.21. The molecule has 0 aromatic carbocycles. The third-order valence-electron chi connectivity index (χ3n) is 4.16. The van der Waals surface area contributed by atoms with Gasteiger partial charge in [-0.3, -0.25) is 4.79 Å². The molecule has 0 radical (unpaired) electrons. The molecule has 0 bridgehead atoms. The molecular weight excluding hydrogens is 394 g/mol. The lowest BCUT2D eigenvalue weighted by Crippen LogP contribution is -2.45. The van der Waals surface area contributed by atoms with Gasteiger partial charge in [-0.2, -0.15) is 0 Å². The van der Waals surface area contributed by atoms with E-state index in [-0.39, 0.29) is 25.3 Å². The van der Waals surface area contributed by atoms with Crippen molar-refractivity contribution in [2.45, 2.75) is 53.2 Å². The van der Waals surface area contributed by atoms with E-state index in [2.05, 4.69) is 16.6 Å². The van der Waals surface area contributed by atoms with Crippen LogP contribution in [0.4, 0.5) is 9.59 Å². The number of hydrogen-bond donors (Lipinski definition) is 1. The Kier molecular flexibility index (Phi) is 6.60. The van der Waals surface area contributed by atoms with Crippen molar-refractivity contribution >= 4 is 24.1 Å². The zero-order valence-electron chi connectivity index (χ0n) is 18.2. The number of hydrogen-bond acceptors (Lipinski definition) is 8.